The van der Waals surface area contributed by atoms with Gasteiger partial charge in [0.05, 0.1) is 17.8 Å². The molecule has 1 N–H and O–H groups in total. The van der Waals surface area contributed by atoms with E-state index < -0.39 is 0 Å². The number of carbonyl (C=O) groups excluding carboxylic acids is 1. The van der Waals surface area contributed by atoms with Gasteiger partial charge in [-0.25, -0.2) is 5.43 Å². The molecule has 0 aliphatic carbocycles. The number of carbonyl (C=O) groups is 1. The Kier molecular flexibility index (Phi) is 6.41. The average Bonchev–Trinajstić information content (AvgIpc) is 3.18. The highest BCUT2D eigenvalue weighted by molar-refractivity contribution is 6.01. The van der Waals surface area contributed by atoms with E-state index in [0.717, 1.165) is 33.1 Å². The second-order valence-corrected chi connectivity index (χ2v) is 8.28. The summed E-state index contributed by atoms with van der Waals surface area (Å²) in [5, 5.41) is 15.6. The molecule has 5 rings (SSSR count). The first-order valence-electron chi connectivity index (χ1n) is 11.5. The molecule has 0 bridgehead atoms. The van der Waals surface area contributed by atoms with Crippen molar-refractivity contribution in [1.82, 2.24) is 15.0 Å². The predicted molar refractivity (Wildman–Crippen MR) is 140 cm³/mol. The number of hydrazone groups is 1. The number of nitrogens with zero attached hydrogens (tertiary/aromatic N) is 4. The first-order valence-corrected chi connectivity index (χ1v) is 11.5. The van der Waals surface area contributed by atoms with Crippen molar-refractivity contribution < 1.29 is 9.53 Å². The maximum atomic E-state index is 12.4. The third-order valence-corrected chi connectivity index (χ3v) is 6.08. The summed E-state index contributed by atoms with van der Waals surface area (Å²) in [5.41, 5.74) is 7.77. The summed E-state index contributed by atoms with van der Waals surface area (Å²) in [6, 6.07) is 27.3. The lowest BCUT2D eigenvalue weighted by Crippen LogP contribution is -2.24. The molecule has 0 aliphatic rings. The van der Waals surface area contributed by atoms with Gasteiger partial charge in [0.25, 0.3) is 5.91 Å². The first-order chi connectivity index (χ1) is 17.7. The maximum absolute atomic E-state index is 12.4. The third kappa shape index (κ3) is 4.52. The Morgan fingerprint density at radius 3 is 2.78 bits per heavy atom. The van der Waals surface area contributed by atoms with Gasteiger partial charge >= 0.3 is 0 Å². The molecule has 0 aliphatic heterocycles. The molecular formula is C29H23N5O2. The van der Waals surface area contributed by atoms with Crippen LogP contribution < -0.4 is 10.2 Å². The van der Waals surface area contributed by atoms with Crippen LogP contribution in [0.4, 0.5) is 0 Å². The monoisotopic (exact) mass is 473 g/mol. The van der Waals surface area contributed by atoms with Gasteiger partial charge < -0.3 is 9.30 Å². The third-order valence-electron chi connectivity index (χ3n) is 6.08. The van der Waals surface area contributed by atoms with E-state index in [1.807, 2.05) is 79.7 Å². The van der Waals surface area contributed by atoms with E-state index in [2.05, 4.69) is 26.1 Å². The van der Waals surface area contributed by atoms with Crippen LogP contribution in [0.25, 0.3) is 21.8 Å². The summed E-state index contributed by atoms with van der Waals surface area (Å²) < 4.78 is 7.85. The van der Waals surface area contributed by atoms with Gasteiger partial charge in [-0.15, -0.1) is 0 Å². The van der Waals surface area contributed by atoms with Crippen molar-refractivity contribution in [1.29, 1.82) is 5.26 Å². The topological polar surface area (TPSA) is 92.3 Å². The Hall–Kier alpha value is -4.96. The molecule has 0 saturated heterocycles. The van der Waals surface area contributed by atoms with E-state index in [0.29, 0.717) is 23.4 Å². The molecule has 0 saturated carbocycles. The van der Waals surface area contributed by atoms with Gasteiger partial charge in [-0.1, -0.05) is 54.6 Å². The summed E-state index contributed by atoms with van der Waals surface area (Å²) >= 11 is 0. The minimum absolute atomic E-state index is 0.182. The van der Waals surface area contributed by atoms with Crippen LogP contribution in [-0.4, -0.2) is 28.3 Å². The number of nitrogens with one attached hydrogen (secondary N) is 1. The quantitative estimate of drug-likeness (QED) is 0.267. The van der Waals surface area contributed by atoms with E-state index >= 15 is 0 Å². The molecule has 0 unspecified atom stereocenters. The number of amides is 1. The molecule has 3 aromatic carbocycles. The minimum Gasteiger partial charge on any atom is -0.481 e. The summed E-state index contributed by atoms with van der Waals surface area (Å²) in [4.78, 5) is 16.7. The average molecular weight is 474 g/mol. The first kappa shape index (κ1) is 22.8. The van der Waals surface area contributed by atoms with Crippen LogP contribution in [0.2, 0.25) is 0 Å². The number of pyridine rings is 1. The second-order valence-electron chi connectivity index (χ2n) is 8.28. The highest BCUT2D eigenvalue weighted by Gasteiger charge is 2.14. The molecular weight excluding hydrogens is 450 g/mol. The molecule has 7 heteroatoms. The number of nitriles is 1. The molecule has 1 amide bonds. The van der Waals surface area contributed by atoms with E-state index in [4.69, 9.17) is 4.74 Å². The lowest BCUT2D eigenvalue weighted by Gasteiger charge is -2.10. The normalized spacial score (nSPS) is 11.1. The molecule has 0 atom stereocenters. The van der Waals surface area contributed by atoms with Crippen molar-refractivity contribution in [2.75, 3.05) is 6.61 Å². The van der Waals surface area contributed by atoms with Gasteiger partial charge in [-0.3, -0.25) is 9.78 Å². The van der Waals surface area contributed by atoms with E-state index in [9.17, 15) is 10.1 Å². The number of aromatic nitrogens is 2. The SMILES string of the molecule is Cc1c(/C=N/NC(=O)COc2cccc3cccnc23)c2ccccc2n1Cc1ccccc1C#N. The van der Waals surface area contributed by atoms with Crippen LogP contribution in [0.1, 0.15) is 22.4 Å². The molecule has 36 heavy (non-hydrogen) atoms. The highest BCUT2D eigenvalue weighted by atomic mass is 16.5. The predicted octanol–water partition coefficient (Wildman–Crippen LogP) is 4.95. The number of para-hydroxylation sites is 2. The van der Waals surface area contributed by atoms with Crippen LogP contribution in [0.5, 0.6) is 5.75 Å². The van der Waals surface area contributed by atoms with Crippen molar-refractivity contribution in [3.8, 4) is 11.8 Å². The molecule has 0 radical (unpaired) electrons. The lowest BCUT2D eigenvalue weighted by molar-refractivity contribution is -0.123. The molecule has 2 heterocycles. The Bertz CT molecular complexity index is 1640. The number of rotatable bonds is 7. The van der Waals surface area contributed by atoms with Crippen molar-refractivity contribution in [3.63, 3.8) is 0 Å². The highest BCUT2D eigenvalue weighted by Crippen LogP contribution is 2.26. The number of hydrogen-bond donors (Lipinski definition) is 1. The fourth-order valence-electron chi connectivity index (χ4n) is 4.30. The standard InChI is InChI=1S/C29H23N5O2/c1-20-25(17-32-33-28(35)19-36-27-14-6-10-21-11-7-15-31-29(21)27)24-12-4-5-13-26(24)34(20)18-23-9-3-2-8-22(23)16-30/h2-15,17H,18-19H2,1H3,(H,33,35)/b32-17+. The summed E-state index contributed by atoms with van der Waals surface area (Å²) in [6.07, 6.45) is 3.35. The van der Waals surface area contributed by atoms with Gasteiger partial charge in [0, 0.05) is 40.3 Å². The Balaban J connectivity index is 1.33. The number of benzene rings is 3. The van der Waals surface area contributed by atoms with Crippen LogP contribution in [0, 0.1) is 18.3 Å². The zero-order valence-electron chi connectivity index (χ0n) is 19.7. The van der Waals surface area contributed by atoms with Crippen molar-refractivity contribution in [3.05, 3.63) is 107 Å². The number of fused-ring (bicyclic) bond motifs is 2. The van der Waals surface area contributed by atoms with E-state index in [1.165, 1.54) is 0 Å². The Morgan fingerprint density at radius 1 is 1.08 bits per heavy atom. The minimum atomic E-state index is -0.372. The molecule has 7 nitrogen and oxygen atoms in total. The molecule has 5 aromatic rings. The fourth-order valence-corrected chi connectivity index (χ4v) is 4.30. The summed E-state index contributed by atoms with van der Waals surface area (Å²) in [5.74, 6) is 0.173. The van der Waals surface area contributed by atoms with Gasteiger partial charge in [0.2, 0.25) is 0 Å². The molecule has 2 aromatic heterocycles. The number of ether oxygens (including phenoxy) is 1. The summed E-state index contributed by atoms with van der Waals surface area (Å²) in [7, 11) is 0. The van der Waals surface area contributed by atoms with Gasteiger partial charge in [0.1, 0.15) is 11.3 Å². The van der Waals surface area contributed by atoms with Crippen LogP contribution in [-0.2, 0) is 11.3 Å². The molecule has 0 fully saturated rings. The Labute approximate surface area is 208 Å². The largest absolute Gasteiger partial charge is 0.481 e. The smallest absolute Gasteiger partial charge is 0.277 e. The van der Waals surface area contributed by atoms with Crippen molar-refractivity contribution in [2.45, 2.75) is 13.5 Å². The van der Waals surface area contributed by atoms with Crippen molar-refractivity contribution >= 4 is 33.9 Å². The zero-order chi connectivity index (χ0) is 24.9. The van der Waals surface area contributed by atoms with Crippen molar-refractivity contribution in [2.24, 2.45) is 5.10 Å². The van der Waals surface area contributed by atoms with Gasteiger partial charge in [-0.2, -0.15) is 10.4 Å². The summed E-state index contributed by atoms with van der Waals surface area (Å²) in [6.45, 7) is 2.39. The van der Waals surface area contributed by atoms with Crippen LogP contribution in [0.3, 0.4) is 0 Å². The van der Waals surface area contributed by atoms with E-state index in [-0.39, 0.29) is 12.5 Å². The second kappa shape index (κ2) is 10.1. The number of hydrogen-bond acceptors (Lipinski definition) is 5. The van der Waals surface area contributed by atoms with Crippen LogP contribution in [0.15, 0.2) is 90.2 Å². The Morgan fingerprint density at radius 2 is 1.89 bits per heavy atom. The van der Waals surface area contributed by atoms with E-state index in [1.54, 1.807) is 18.5 Å². The fraction of sp³-hybridized carbons (Fsp3) is 0.103. The van der Waals surface area contributed by atoms with Gasteiger partial charge in [0.15, 0.2) is 6.61 Å². The molecule has 176 valence electrons. The molecule has 0 spiro atoms. The van der Waals surface area contributed by atoms with Crippen LogP contribution >= 0.6 is 0 Å². The lowest BCUT2D eigenvalue weighted by atomic mass is 10.1. The van der Waals surface area contributed by atoms with Gasteiger partial charge in [-0.05, 0) is 36.8 Å². The zero-order valence-corrected chi connectivity index (χ0v) is 19.7. The maximum Gasteiger partial charge on any atom is 0.277 e.